The van der Waals surface area contributed by atoms with Gasteiger partial charge in [0.15, 0.2) is 0 Å². The molecule has 2 bridgehead atoms. The summed E-state index contributed by atoms with van der Waals surface area (Å²) in [6, 6.07) is -0.837. The molecule has 0 saturated carbocycles. The van der Waals surface area contributed by atoms with Gasteiger partial charge in [-0.25, -0.2) is 0 Å². The average molecular weight is 598 g/mol. The third-order valence-corrected chi connectivity index (χ3v) is 9.19. The predicted molar refractivity (Wildman–Crippen MR) is 146 cm³/mol. The molecule has 11 heteroatoms. The number of amides is 3. The normalized spacial score (nSPS) is 32.3. The number of aliphatic hydroxyl groups is 1. The van der Waals surface area contributed by atoms with Crippen molar-refractivity contribution >= 4 is 33.7 Å². The number of likely N-dealkylation sites (N-methyl/N-ethyl adjacent to an activating group) is 1. The number of carbonyl (C=O) groups excluding carboxylic acids is 3. The van der Waals surface area contributed by atoms with Crippen molar-refractivity contribution < 1.29 is 29.0 Å². The Hall–Kier alpha value is -1.79. The second-order valence-electron chi connectivity index (χ2n) is 10.7. The molecule has 4 heterocycles. The van der Waals surface area contributed by atoms with Crippen molar-refractivity contribution in [3.05, 3.63) is 25.3 Å². The molecule has 3 amide bonds. The van der Waals surface area contributed by atoms with E-state index in [1.165, 1.54) is 0 Å². The maximum atomic E-state index is 14.3. The second-order valence-corrected chi connectivity index (χ2v) is 11.8. The third kappa shape index (κ3) is 5.32. The van der Waals surface area contributed by atoms with E-state index in [4.69, 9.17) is 9.47 Å². The number of fused-ring (bicyclic) bond motifs is 1. The average Bonchev–Trinajstić information content (AvgIpc) is 3.50. The van der Waals surface area contributed by atoms with Crippen LogP contribution in [0.1, 0.15) is 19.3 Å². The van der Waals surface area contributed by atoms with Gasteiger partial charge >= 0.3 is 0 Å². The third-order valence-electron chi connectivity index (χ3n) is 8.35. The van der Waals surface area contributed by atoms with E-state index in [1.54, 1.807) is 33.9 Å². The van der Waals surface area contributed by atoms with Gasteiger partial charge in [-0.2, -0.15) is 0 Å². The number of ether oxygens (including phenoxy) is 2. The van der Waals surface area contributed by atoms with E-state index in [-0.39, 0.29) is 29.2 Å². The summed E-state index contributed by atoms with van der Waals surface area (Å²) in [5, 5.41) is 9.37. The van der Waals surface area contributed by atoms with Gasteiger partial charge in [0, 0.05) is 64.3 Å². The quantitative estimate of drug-likeness (QED) is 0.188. The minimum atomic E-state index is -1.08. The summed E-state index contributed by atoms with van der Waals surface area (Å²) in [5.74, 6) is -1.96. The van der Waals surface area contributed by atoms with Gasteiger partial charge in [-0.15, -0.1) is 13.2 Å². The molecule has 10 nitrogen and oxygen atoms in total. The molecule has 0 aliphatic carbocycles. The van der Waals surface area contributed by atoms with E-state index < -0.39 is 29.6 Å². The maximum Gasteiger partial charge on any atom is 0.248 e. The molecule has 4 rings (SSSR count). The van der Waals surface area contributed by atoms with Crippen LogP contribution in [0.2, 0.25) is 0 Å². The maximum absolute atomic E-state index is 14.3. The Kier molecular flexibility index (Phi) is 9.67. The van der Waals surface area contributed by atoms with Gasteiger partial charge in [0.2, 0.25) is 17.7 Å². The van der Waals surface area contributed by atoms with E-state index in [1.807, 2.05) is 0 Å². The lowest BCUT2D eigenvalue weighted by molar-refractivity contribution is -0.148. The lowest BCUT2D eigenvalue weighted by Gasteiger charge is -2.38. The molecule has 0 radical (unpaired) electrons. The minimum absolute atomic E-state index is 0.00681. The van der Waals surface area contributed by atoms with Crippen LogP contribution in [0.4, 0.5) is 0 Å². The summed E-state index contributed by atoms with van der Waals surface area (Å²) in [5.41, 5.74) is -1.08. The van der Waals surface area contributed by atoms with Gasteiger partial charge in [0.25, 0.3) is 0 Å². The van der Waals surface area contributed by atoms with Crippen LogP contribution < -0.4 is 0 Å². The van der Waals surface area contributed by atoms with Crippen molar-refractivity contribution in [3.8, 4) is 0 Å². The SMILES string of the molecule is C=CCN(C)C(=O)[C@H]1[C@H]2C(=O)N(CCCCO)C(C(=O)N(CC=C)CCN3CCOCC3)C23CC(Br)[C@@H]1O3. The summed E-state index contributed by atoms with van der Waals surface area (Å²) in [6.45, 7) is 12.8. The molecule has 0 aromatic heterocycles. The first-order valence-electron chi connectivity index (χ1n) is 13.6. The van der Waals surface area contributed by atoms with Crippen LogP contribution in [-0.4, -0.2) is 138 Å². The molecular weight excluding hydrogens is 556 g/mol. The van der Waals surface area contributed by atoms with Crippen molar-refractivity contribution in [2.45, 2.75) is 41.8 Å². The molecule has 0 aromatic rings. The fourth-order valence-electron chi connectivity index (χ4n) is 6.57. The van der Waals surface area contributed by atoms with Gasteiger partial charge in [0.1, 0.15) is 11.6 Å². The number of nitrogens with zero attached hydrogens (tertiary/aromatic N) is 4. The Morgan fingerprint density at radius 2 is 1.87 bits per heavy atom. The summed E-state index contributed by atoms with van der Waals surface area (Å²) in [4.78, 5) is 49.0. The number of likely N-dealkylation sites (tertiary alicyclic amines) is 1. The second kappa shape index (κ2) is 12.6. The first-order chi connectivity index (χ1) is 18.3. The number of rotatable bonds is 13. The zero-order valence-electron chi connectivity index (χ0n) is 22.3. The largest absolute Gasteiger partial charge is 0.396 e. The predicted octanol–water partition coefficient (Wildman–Crippen LogP) is 0.498. The van der Waals surface area contributed by atoms with E-state index in [0.29, 0.717) is 65.2 Å². The minimum Gasteiger partial charge on any atom is -0.396 e. The summed E-state index contributed by atoms with van der Waals surface area (Å²) in [6.07, 6.45) is 4.42. The molecule has 0 aromatic carbocycles. The van der Waals surface area contributed by atoms with Gasteiger partial charge in [0.05, 0.1) is 31.2 Å². The van der Waals surface area contributed by atoms with Gasteiger partial charge < -0.3 is 29.3 Å². The summed E-state index contributed by atoms with van der Waals surface area (Å²) >= 11 is 3.72. The van der Waals surface area contributed by atoms with Crippen LogP contribution in [0.3, 0.4) is 0 Å². The monoisotopic (exact) mass is 596 g/mol. The van der Waals surface area contributed by atoms with E-state index in [9.17, 15) is 19.5 Å². The number of unbranched alkanes of at least 4 members (excludes halogenated alkanes) is 1. The number of carbonyl (C=O) groups is 3. The molecule has 212 valence electrons. The van der Waals surface area contributed by atoms with Crippen molar-refractivity contribution in [1.29, 1.82) is 0 Å². The molecule has 38 heavy (non-hydrogen) atoms. The van der Waals surface area contributed by atoms with E-state index in [2.05, 4.69) is 34.0 Å². The van der Waals surface area contributed by atoms with Crippen molar-refractivity contribution in [2.24, 2.45) is 11.8 Å². The molecule has 4 saturated heterocycles. The molecule has 1 N–H and O–H groups in total. The van der Waals surface area contributed by atoms with Crippen molar-refractivity contribution in [2.75, 3.05) is 72.7 Å². The Morgan fingerprint density at radius 1 is 1.16 bits per heavy atom. The first-order valence-corrected chi connectivity index (χ1v) is 14.5. The number of aliphatic hydroxyl groups excluding tert-OH is 1. The smallest absolute Gasteiger partial charge is 0.248 e. The van der Waals surface area contributed by atoms with Crippen LogP contribution >= 0.6 is 15.9 Å². The highest BCUT2D eigenvalue weighted by molar-refractivity contribution is 9.09. The highest BCUT2D eigenvalue weighted by Crippen LogP contribution is 2.60. The van der Waals surface area contributed by atoms with Crippen LogP contribution in [0.15, 0.2) is 25.3 Å². The molecule has 3 unspecified atom stereocenters. The molecule has 4 fully saturated rings. The standard InChI is InChI=1S/C27H41BrN4O6/c1-4-8-29(3)24(34)20-21-25(35)32(10-6-7-15-33)23(27(21)18-19(28)22(20)38-27)26(36)31(9-5-2)12-11-30-13-16-37-17-14-30/h4-5,19-23,33H,1-2,6-18H2,3H3/t19?,20-,21-,22-,23?,27?/m0/s1. The van der Waals surface area contributed by atoms with Gasteiger partial charge in [-0.05, 0) is 19.3 Å². The molecule has 4 aliphatic heterocycles. The number of morpholine rings is 1. The van der Waals surface area contributed by atoms with E-state index in [0.717, 1.165) is 13.1 Å². The van der Waals surface area contributed by atoms with Crippen molar-refractivity contribution in [1.82, 2.24) is 19.6 Å². The Bertz CT molecular complexity index is 914. The lowest BCUT2D eigenvalue weighted by Crippen LogP contribution is -2.57. The highest BCUT2D eigenvalue weighted by Gasteiger charge is 2.76. The van der Waals surface area contributed by atoms with Crippen LogP contribution in [0.5, 0.6) is 0 Å². The zero-order chi connectivity index (χ0) is 27.4. The van der Waals surface area contributed by atoms with Crippen LogP contribution in [0, 0.1) is 11.8 Å². The number of hydrogen-bond donors (Lipinski definition) is 1. The van der Waals surface area contributed by atoms with E-state index >= 15 is 0 Å². The lowest BCUT2D eigenvalue weighted by atomic mass is 9.70. The first kappa shape index (κ1) is 29.2. The number of alkyl halides is 1. The topological polar surface area (TPSA) is 103 Å². The summed E-state index contributed by atoms with van der Waals surface area (Å²) in [7, 11) is 1.70. The zero-order valence-corrected chi connectivity index (χ0v) is 23.9. The van der Waals surface area contributed by atoms with Gasteiger partial charge in [-0.1, -0.05) is 28.1 Å². The van der Waals surface area contributed by atoms with Gasteiger partial charge in [-0.3, -0.25) is 19.3 Å². The van der Waals surface area contributed by atoms with Crippen LogP contribution in [-0.2, 0) is 23.9 Å². The Balaban J connectivity index is 1.65. The molecular formula is C27H41BrN4O6. The highest BCUT2D eigenvalue weighted by atomic mass is 79.9. The van der Waals surface area contributed by atoms with Crippen LogP contribution in [0.25, 0.3) is 0 Å². The summed E-state index contributed by atoms with van der Waals surface area (Å²) < 4.78 is 12.0. The Morgan fingerprint density at radius 3 is 2.53 bits per heavy atom. The molecule has 4 aliphatic rings. The number of halogens is 1. The fraction of sp³-hybridized carbons (Fsp3) is 0.741. The molecule has 1 spiro atoms. The Labute approximate surface area is 233 Å². The van der Waals surface area contributed by atoms with Crippen molar-refractivity contribution in [3.63, 3.8) is 0 Å². The number of hydrogen-bond acceptors (Lipinski definition) is 7. The molecule has 6 atom stereocenters. The fourth-order valence-corrected chi connectivity index (χ4v) is 7.51.